The van der Waals surface area contributed by atoms with Crippen LogP contribution >= 0.6 is 11.8 Å². The molecule has 0 atom stereocenters. The average molecular weight is 296 g/mol. The third-order valence-corrected chi connectivity index (χ3v) is 3.57. The van der Waals surface area contributed by atoms with Gasteiger partial charge in [0.25, 0.3) is 0 Å². The van der Waals surface area contributed by atoms with Crippen LogP contribution in [0.2, 0.25) is 0 Å². The molecule has 0 N–H and O–H groups in total. The predicted octanol–water partition coefficient (Wildman–Crippen LogP) is 2.95. The lowest BCUT2D eigenvalue weighted by molar-refractivity contribution is 0.318. The van der Waals surface area contributed by atoms with Crippen molar-refractivity contribution >= 4 is 11.8 Å². The van der Waals surface area contributed by atoms with Crippen molar-refractivity contribution in [1.29, 1.82) is 0 Å². The molecule has 0 spiro atoms. The molecule has 5 nitrogen and oxygen atoms in total. The topological polar surface area (TPSA) is 52.8 Å². The minimum atomic E-state index is -0.256. The maximum Gasteiger partial charge on any atom is 0.209 e. The molecule has 0 amide bonds. The number of ether oxygens (including phenoxy) is 1. The zero-order valence-electron chi connectivity index (χ0n) is 11.5. The SMILES string of the molecule is CC(C)n1nnnc1SCCCOc1ccc(F)cc1. The van der Waals surface area contributed by atoms with Crippen molar-refractivity contribution in [3.63, 3.8) is 0 Å². The van der Waals surface area contributed by atoms with Gasteiger partial charge in [0, 0.05) is 5.75 Å². The molecule has 0 unspecified atom stereocenters. The van der Waals surface area contributed by atoms with Crippen LogP contribution in [-0.4, -0.2) is 32.6 Å². The monoisotopic (exact) mass is 296 g/mol. The number of tetrazole rings is 1. The number of hydrogen-bond donors (Lipinski definition) is 0. The van der Waals surface area contributed by atoms with Crippen molar-refractivity contribution in [2.75, 3.05) is 12.4 Å². The molecule has 1 aromatic carbocycles. The van der Waals surface area contributed by atoms with Gasteiger partial charge in [-0.2, -0.15) is 0 Å². The molecule has 20 heavy (non-hydrogen) atoms. The fraction of sp³-hybridized carbons (Fsp3) is 0.462. The van der Waals surface area contributed by atoms with Gasteiger partial charge in [-0.1, -0.05) is 11.8 Å². The average Bonchev–Trinajstić information content (AvgIpc) is 2.89. The molecule has 2 rings (SSSR count). The summed E-state index contributed by atoms with van der Waals surface area (Å²) in [5.74, 6) is 1.30. The fourth-order valence-electron chi connectivity index (χ4n) is 1.55. The Bertz CT molecular complexity index is 529. The van der Waals surface area contributed by atoms with Crippen LogP contribution < -0.4 is 4.74 Å². The molecule has 7 heteroatoms. The highest BCUT2D eigenvalue weighted by molar-refractivity contribution is 7.99. The van der Waals surface area contributed by atoms with E-state index in [0.29, 0.717) is 12.4 Å². The van der Waals surface area contributed by atoms with Crippen LogP contribution in [0.5, 0.6) is 5.75 Å². The number of nitrogens with zero attached hydrogens (tertiary/aromatic N) is 4. The number of thioether (sulfide) groups is 1. The summed E-state index contributed by atoms with van der Waals surface area (Å²) >= 11 is 1.61. The highest BCUT2D eigenvalue weighted by atomic mass is 32.2. The van der Waals surface area contributed by atoms with E-state index in [4.69, 9.17) is 4.74 Å². The van der Waals surface area contributed by atoms with Crippen molar-refractivity contribution in [2.24, 2.45) is 0 Å². The molecule has 0 bridgehead atoms. The number of hydrogen-bond acceptors (Lipinski definition) is 5. The van der Waals surface area contributed by atoms with Crippen molar-refractivity contribution < 1.29 is 9.13 Å². The minimum absolute atomic E-state index is 0.253. The largest absolute Gasteiger partial charge is 0.494 e. The van der Waals surface area contributed by atoms with Gasteiger partial charge in [-0.3, -0.25) is 0 Å². The van der Waals surface area contributed by atoms with Crippen LogP contribution in [0.4, 0.5) is 4.39 Å². The van der Waals surface area contributed by atoms with Crippen LogP contribution in [0.25, 0.3) is 0 Å². The maximum atomic E-state index is 12.7. The molecular formula is C13H17FN4OS. The van der Waals surface area contributed by atoms with Gasteiger partial charge in [0.1, 0.15) is 11.6 Å². The summed E-state index contributed by atoms with van der Waals surface area (Å²) < 4.78 is 20.0. The van der Waals surface area contributed by atoms with Crippen molar-refractivity contribution in [3.05, 3.63) is 30.1 Å². The molecule has 2 aromatic rings. The van der Waals surface area contributed by atoms with E-state index in [9.17, 15) is 4.39 Å². The van der Waals surface area contributed by atoms with Crippen molar-refractivity contribution in [1.82, 2.24) is 20.2 Å². The summed E-state index contributed by atoms with van der Waals surface area (Å²) in [4.78, 5) is 0. The van der Waals surface area contributed by atoms with E-state index >= 15 is 0 Å². The first-order valence-electron chi connectivity index (χ1n) is 6.46. The van der Waals surface area contributed by atoms with Crippen LogP contribution in [0.15, 0.2) is 29.4 Å². The van der Waals surface area contributed by atoms with Gasteiger partial charge in [-0.15, -0.1) is 5.10 Å². The van der Waals surface area contributed by atoms with Gasteiger partial charge >= 0.3 is 0 Å². The van der Waals surface area contributed by atoms with Crippen LogP contribution in [0.1, 0.15) is 26.3 Å². The van der Waals surface area contributed by atoms with Gasteiger partial charge in [0.05, 0.1) is 12.6 Å². The smallest absolute Gasteiger partial charge is 0.209 e. The van der Waals surface area contributed by atoms with E-state index in [1.165, 1.54) is 12.1 Å². The van der Waals surface area contributed by atoms with Gasteiger partial charge in [0.15, 0.2) is 0 Å². The van der Waals surface area contributed by atoms with Gasteiger partial charge in [-0.25, -0.2) is 9.07 Å². The molecule has 1 aromatic heterocycles. The third kappa shape index (κ3) is 4.19. The van der Waals surface area contributed by atoms with Gasteiger partial charge in [0.2, 0.25) is 5.16 Å². The second-order valence-electron chi connectivity index (χ2n) is 4.50. The van der Waals surface area contributed by atoms with Crippen LogP contribution in [-0.2, 0) is 0 Å². The van der Waals surface area contributed by atoms with Gasteiger partial charge in [-0.05, 0) is 55.0 Å². The second kappa shape index (κ2) is 7.23. The quantitative estimate of drug-likeness (QED) is 0.581. The fourth-order valence-corrected chi connectivity index (χ4v) is 2.47. The zero-order valence-corrected chi connectivity index (χ0v) is 12.3. The Morgan fingerprint density at radius 2 is 2.05 bits per heavy atom. The number of benzene rings is 1. The van der Waals surface area contributed by atoms with E-state index in [2.05, 4.69) is 15.5 Å². The zero-order chi connectivity index (χ0) is 14.4. The van der Waals surface area contributed by atoms with E-state index in [1.807, 2.05) is 13.8 Å². The summed E-state index contributed by atoms with van der Waals surface area (Å²) in [6, 6.07) is 6.29. The molecule has 1 heterocycles. The number of halogens is 1. The second-order valence-corrected chi connectivity index (χ2v) is 5.57. The molecule has 0 radical (unpaired) electrons. The van der Waals surface area contributed by atoms with Gasteiger partial charge < -0.3 is 4.74 Å². The van der Waals surface area contributed by atoms with E-state index in [1.54, 1.807) is 28.6 Å². The first-order chi connectivity index (χ1) is 9.66. The highest BCUT2D eigenvalue weighted by Gasteiger charge is 2.09. The Labute approximate surface area is 121 Å². The third-order valence-electron chi connectivity index (χ3n) is 2.55. The normalized spacial score (nSPS) is 11.0. The Morgan fingerprint density at radius 1 is 1.30 bits per heavy atom. The predicted molar refractivity (Wildman–Crippen MR) is 75.4 cm³/mol. The minimum Gasteiger partial charge on any atom is -0.494 e. The van der Waals surface area contributed by atoms with Crippen molar-refractivity contribution in [3.8, 4) is 5.75 Å². The molecule has 0 aliphatic rings. The summed E-state index contributed by atoms with van der Waals surface area (Å²) in [5, 5.41) is 12.4. The Morgan fingerprint density at radius 3 is 2.75 bits per heavy atom. The molecule has 0 fully saturated rings. The number of rotatable bonds is 7. The summed E-state index contributed by atoms with van der Waals surface area (Å²) in [5.41, 5.74) is 0. The molecule has 108 valence electrons. The van der Waals surface area contributed by atoms with E-state index < -0.39 is 0 Å². The summed E-state index contributed by atoms with van der Waals surface area (Å²) in [6.45, 7) is 4.66. The van der Waals surface area contributed by atoms with Crippen LogP contribution in [0.3, 0.4) is 0 Å². The van der Waals surface area contributed by atoms with Crippen LogP contribution in [0, 0.1) is 5.82 Å². The Kier molecular flexibility index (Phi) is 5.34. The van der Waals surface area contributed by atoms with Crippen molar-refractivity contribution in [2.45, 2.75) is 31.5 Å². The number of aromatic nitrogens is 4. The Balaban J connectivity index is 1.69. The molecule has 0 aliphatic heterocycles. The highest BCUT2D eigenvalue weighted by Crippen LogP contribution is 2.18. The molecular weight excluding hydrogens is 279 g/mol. The first-order valence-corrected chi connectivity index (χ1v) is 7.44. The van der Waals surface area contributed by atoms with E-state index in [0.717, 1.165) is 17.3 Å². The molecule has 0 saturated carbocycles. The van der Waals surface area contributed by atoms with E-state index in [-0.39, 0.29) is 11.9 Å². The first kappa shape index (κ1) is 14.8. The Hall–Kier alpha value is -1.63. The molecule has 0 saturated heterocycles. The maximum absolute atomic E-state index is 12.7. The lowest BCUT2D eigenvalue weighted by Gasteiger charge is -2.07. The summed E-state index contributed by atoms with van der Waals surface area (Å²) in [7, 11) is 0. The summed E-state index contributed by atoms with van der Waals surface area (Å²) in [6.07, 6.45) is 0.868. The molecule has 0 aliphatic carbocycles. The lowest BCUT2D eigenvalue weighted by atomic mass is 10.3. The standard InChI is InChI=1S/C13H17FN4OS/c1-10(2)18-13(15-16-17-18)20-9-3-8-19-12-6-4-11(14)5-7-12/h4-7,10H,3,8-9H2,1-2H3. The lowest BCUT2D eigenvalue weighted by Crippen LogP contribution is -2.05.